The minimum atomic E-state index is -1.66. The third kappa shape index (κ3) is 13.2. The molecular formula is C42H56BrOP. The molecular weight excluding hydrogens is 631 g/mol. The van der Waals surface area contributed by atoms with Crippen molar-refractivity contribution in [2.75, 3.05) is 12.8 Å². The average Bonchev–Trinajstić information content (AvgIpc) is 3.09. The zero-order valence-corrected chi connectivity index (χ0v) is 30.0. The molecule has 0 aromatic heterocycles. The Kier molecular flexibility index (Phi) is 19.1. The van der Waals surface area contributed by atoms with Gasteiger partial charge in [-0.2, -0.15) is 0 Å². The Morgan fingerprint density at radius 2 is 0.667 bits per heavy atom. The van der Waals surface area contributed by atoms with Crippen molar-refractivity contribution in [2.45, 2.75) is 103 Å². The van der Waals surface area contributed by atoms with Crippen molar-refractivity contribution in [1.82, 2.24) is 0 Å². The van der Waals surface area contributed by atoms with Crippen molar-refractivity contribution >= 4 is 23.2 Å². The first-order valence-electron chi connectivity index (χ1n) is 17.6. The van der Waals surface area contributed by atoms with Gasteiger partial charge in [0.05, 0.1) is 12.8 Å². The monoisotopic (exact) mass is 686 g/mol. The lowest BCUT2D eigenvalue weighted by atomic mass is 10.0. The van der Waals surface area contributed by atoms with Gasteiger partial charge in [-0.1, -0.05) is 162 Å². The van der Waals surface area contributed by atoms with Gasteiger partial charge in [-0.05, 0) is 61.2 Å². The van der Waals surface area contributed by atoms with E-state index in [4.69, 9.17) is 4.74 Å². The molecule has 0 aliphatic rings. The molecule has 0 spiro atoms. The van der Waals surface area contributed by atoms with Crippen LogP contribution in [-0.2, 0) is 11.3 Å². The minimum absolute atomic E-state index is 0. The van der Waals surface area contributed by atoms with E-state index in [1.165, 1.54) is 124 Å². The number of halogens is 1. The third-order valence-corrected chi connectivity index (χ3v) is 13.5. The molecule has 0 atom stereocenters. The predicted molar refractivity (Wildman–Crippen MR) is 195 cm³/mol. The van der Waals surface area contributed by atoms with Crippen LogP contribution in [0.1, 0.15) is 102 Å². The fourth-order valence-corrected chi connectivity index (χ4v) is 10.9. The molecule has 4 rings (SSSR count). The third-order valence-electron chi connectivity index (χ3n) is 8.98. The van der Waals surface area contributed by atoms with Gasteiger partial charge in [0.25, 0.3) is 0 Å². The Balaban J connectivity index is 0.00000552. The summed E-state index contributed by atoms with van der Waals surface area (Å²) < 4.78 is 5.80. The highest BCUT2D eigenvalue weighted by Gasteiger charge is 2.44. The fourth-order valence-electron chi connectivity index (χ4n) is 6.50. The normalized spacial score (nSPS) is 11.3. The number of ether oxygens (including phenoxy) is 1. The topological polar surface area (TPSA) is 9.23 Å². The van der Waals surface area contributed by atoms with Gasteiger partial charge in [0.15, 0.2) is 0 Å². The standard InChI is InChI=1S/C42H56OP.BrH/c1(2-4-6-8-10-12-26-36-43-38-39-28-18-14-19-29-39)3-5-7-9-11-13-27-37-44(40-30-20-15-21-31-40,41-32-22-16-23-33-41)42-34-24-17-25-35-42;/h14-25,28-35H,1-13,26-27,36-38H2;1H/q+1;/p-1. The lowest BCUT2D eigenvalue weighted by Crippen LogP contribution is -3.00. The summed E-state index contributed by atoms with van der Waals surface area (Å²) in [4.78, 5) is 0. The Hall–Kier alpha value is -2.25. The summed E-state index contributed by atoms with van der Waals surface area (Å²) in [6.07, 6.45) is 21.8. The molecule has 0 aliphatic heterocycles. The first kappa shape index (κ1) is 37.2. The van der Waals surface area contributed by atoms with Gasteiger partial charge in [-0.15, -0.1) is 0 Å². The summed E-state index contributed by atoms with van der Waals surface area (Å²) in [5.41, 5.74) is 1.28. The van der Waals surface area contributed by atoms with Crippen molar-refractivity contribution in [3.05, 3.63) is 127 Å². The second-order valence-corrected chi connectivity index (χ2v) is 16.0. The summed E-state index contributed by atoms with van der Waals surface area (Å²) in [6.45, 7) is 1.65. The molecule has 242 valence electrons. The van der Waals surface area contributed by atoms with Crippen molar-refractivity contribution in [3.8, 4) is 0 Å². The van der Waals surface area contributed by atoms with Crippen molar-refractivity contribution in [1.29, 1.82) is 0 Å². The van der Waals surface area contributed by atoms with E-state index >= 15 is 0 Å². The van der Waals surface area contributed by atoms with Crippen molar-refractivity contribution < 1.29 is 21.7 Å². The van der Waals surface area contributed by atoms with E-state index in [1.807, 2.05) is 0 Å². The number of hydrogen-bond donors (Lipinski definition) is 0. The van der Waals surface area contributed by atoms with E-state index in [0.717, 1.165) is 13.2 Å². The quantitative estimate of drug-likeness (QED) is 0.0567. The van der Waals surface area contributed by atoms with Gasteiger partial charge in [-0.25, -0.2) is 0 Å². The van der Waals surface area contributed by atoms with E-state index in [9.17, 15) is 0 Å². The lowest BCUT2D eigenvalue weighted by molar-refractivity contribution is -0.00000945. The number of hydrogen-bond acceptors (Lipinski definition) is 1. The van der Waals surface area contributed by atoms with Crippen molar-refractivity contribution in [3.63, 3.8) is 0 Å². The maximum atomic E-state index is 5.80. The molecule has 1 nitrogen and oxygen atoms in total. The molecule has 4 aromatic rings. The van der Waals surface area contributed by atoms with Gasteiger partial charge < -0.3 is 21.7 Å². The SMILES string of the molecule is [Br-].c1ccc(COCCCCCCCCCCCCCCCCC[P+](c2ccccc2)(c2ccccc2)c2ccccc2)cc1. The first-order chi connectivity index (χ1) is 21.9. The van der Waals surface area contributed by atoms with E-state index in [2.05, 4.69) is 121 Å². The van der Waals surface area contributed by atoms with Gasteiger partial charge in [-0.3, -0.25) is 0 Å². The summed E-state index contributed by atoms with van der Waals surface area (Å²) in [5, 5.41) is 4.55. The molecule has 0 saturated carbocycles. The molecule has 0 saturated heterocycles. The molecule has 0 amide bonds. The van der Waals surface area contributed by atoms with Gasteiger partial charge >= 0.3 is 0 Å². The lowest BCUT2D eigenvalue weighted by Gasteiger charge is -2.27. The Morgan fingerprint density at radius 3 is 1.04 bits per heavy atom. The van der Waals surface area contributed by atoms with Crippen LogP contribution in [-0.4, -0.2) is 12.8 Å². The number of benzene rings is 4. The van der Waals surface area contributed by atoms with Gasteiger partial charge in [0.2, 0.25) is 0 Å². The molecule has 0 aliphatic carbocycles. The summed E-state index contributed by atoms with van der Waals surface area (Å²) in [7, 11) is -1.66. The van der Waals surface area contributed by atoms with Crippen LogP contribution in [0.5, 0.6) is 0 Å². The van der Waals surface area contributed by atoms with Crippen molar-refractivity contribution in [2.24, 2.45) is 0 Å². The van der Waals surface area contributed by atoms with Crippen LogP contribution >= 0.6 is 7.26 Å². The van der Waals surface area contributed by atoms with Crippen LogP contribution in [0.3, 0.4) is 0 Å². The van der Waals surface area contributed by atoms with Crippen LogP contribution in [0.4, 0.5) is 0 Å². The second kappa shape index (κ2) is 23.1. The number of unbranched alkanes of at least 4 members (excludes halogenated alkanes) is 14. The Morgan fingerprint density at radius 1 is 0.356 bits per heavy atom. The second-order valence-electron chi connectivity index (χ2n) is 12.4. The van der Waals surface area contributed by atoms with Crippen LogP contribution in [0.25, 0.3) is 0 Å². The van der Waals surface area contributed by atoms with Gasteiger partial charge in [0.1, 0.15) is 23.2 Å². The highest BCUT2D eigenvalue weighted by atomic mass is 79.9. The predicted octanol–water partition coefficient (Wildman–Crippen LogP) is 8.05. The molecule has 0 unspecified atom stereocenters. The van der Waals surface area contributed by atoms with Crippen LogP contribution in [0, 0.1) is 0 Å². The zero-order chi connectivity index (χ0) is 30.4. The van der Waals surface area contributed by atoms with Crippen LogP contribution in [0.15, 0.2) is 121 Å². The minimum Gasteiger partial charge on any atom is -1.00 e. The molecule has 3 heteroatoms. The fraction of sp³-hybridized carbons (Fsp3) is 0.429. The van der Waals surface area contributed by atoms with E-state index in [1.54, 1.807) is 0 Å². The summed E-state index contributed by atoms with van der Waals surface area (Å²) >= 11 is 0. The van der Waals surface area contributed by atoms with Crippen LogP contribution < -0.4 is 32.9 Å². The smallest absolute Gasteiger partial charge is 0.112 e. The average molecular weight is 688 g/mol. The van der Waals surface area contributed by atoms with Gasteiger partial charge in [0, 0.05) is 6.61 Å². The largest absolute Gasteiger partial charge is 1.00 e. The molecule has 0 fully saturated rings. The molecule has 0 bridgehead atoms. The Bertz CT molecular complexity index is 1140. The highest BCUT2D eigenvalue weighted by molar-refractivity contribution is 7.95. The molecule has 0 radical (unpaired) electrons. The molecule has 0 N–H and O–H groups in total. The zero-order valence-electron chi connectivity index (χ0n) is 27.5. The highest BCUT2D eigenvalue weighted by Crippen LogP contribution is 2.56. The van der Waals surface area contributed by atoms with Crippen LogP contribution in [0.2, 0.25) is 0 Å². The van der Waals surface area contributed by atoms with E-state index in [-0.39, 0.29) is 17.0 Å². The molecule has 45 heavy (non-hydrogen) atoms. The summed E-state index contributed by atoms with van der Waals surface area (Å²) in [6, 6.07) is 44.5. The molecule has 4 aromatic carbocycles. The number of rotatable bonds is 23. The maximum absolute atomic E-state index is 5.80. The van der Waals surface area contributed by atoms with E-state index < -0.39 is 7.26 Å². The maximum Gasteiger partial charge on any atom is 0.112 e. The summed E-state index contributed by atoms with van der Waals surface area (Å²) in [5.74, 6) is 0. The Labute approximate surface area is 286 Å². The van der Waals surface area contributed by atoms with E-state index in [0.29, 0.717) is 0 Å². The first-order valence-corrected chi connectivity index (χ1v) is 19.5. The molecule has 0 heterocycles.